The number of ether oxygens (including phenoxy) is 2. The van der Waals surface area contributed by atoms with Gasteiger partial charge in [-0.2, -0.15) is 11.8 Å². The Bertz CT molecular complexity index is 404. The van der Waals surface area contributed by atoms with Gasteiger partial charge in [0, 0.05) is 12.0 Å². The van der Waals surface area contributed by atoms with Crippen molar-refractivity contribution in [1.82, 2.24) is 0 Å². The van der Waals surface area contributed by atoms with Gasteiger partial charge in [0.1, 0.15) is 0 Å². The molecule has 1 aromatic carbocycles. The Kier molecular flexibility index (Phi) is 4.31. The van der Waals surface area contributed by atoms with Gasteiger partial charge in [-0.15, -0.1) is 0 Å². The SMILES string of the molecule is CCSCC(=O)c1ccc2c(c1)OCCCO2. The molecule has 2 rings (SSSR count). The van der Waals surface area contributed by atoms with Crippen LogP contribution in [0, 0.1) is 0 Å². The van der Waals surface area contributed by atoms with E-state index in [1.165, 1.54) is 0 Å². The van der Waals surface area contributed by atoms with E-state index in [1.807, 2.05) is 19.1 Å². The van der Waals surface area contributed by atoms with Crippen molar-refractivity contribution in [2.45, 2.75) is 13.3 Å². The Morgan fingerprint density at radius 1 is 1.29 bits per heavy atom. The largest absolute Gasteiger partial charge is 0.490 e. The third kappa shape index (κ3) is 3.16. The molecule has 4 heteroatoms. The first kappa shape index (κ1) is 12.3. The Morgan fingerprint density at radius 2 is 2.06 bits per heavy atom. The van der Waals surface area contributed by atoms with E-state index in [9.17, 15) is 4.79 Å². The zero-order valence-electron chi connectivity index (χ0n) is 9.90. The molecule has 0 spiro atoms. The van der Waals surface area contributed by atoms with Crippen molar-refractivity contribution in [3.63, 3.8) is 0 Å². The molecule has 1 aliphatic heterocycles. The van der Waals surface area contributed by atoms with Crippen molar-refractivity contribution in [2.24, 2.45) is 0 Å². The third-order valence-corrected chi connectivity index (χ3v) is 3.38. The molecule has 0 atom stereocenters. The van der Waals surface area contributed by atoms with Gasteiger partial charge in [0.15, 0.2) is 17.3 Å². The smallest absolute Gasteiger partial charge is 0.172 e. The van der Waals surface area contributed by atoms with Crippen molar-refractivity contribution in [2.75, 3.05) is 24.7 Å². The van der Waals surface area contributed by atoms with E-state index in [1.54, 1.807) is 17.8 Å². The zero-order chi connectivity index (χ0) is 12.1. The summed E-state index contributed by atoms with van der Waals surface area (Å²) in [7, 11) is 0. The van der Waals surface area contributed by atoms with Crippen LogP contribution in [0.15, 0.2) is 18.2 Å². The summed E-state index contributed by atoms with van der Waals surface area (Å²) in [6.07, 6.45) is 0.879. The molecule has 0 amide bonds. The molecule has 0 unspecified atom stereocenters. The summed E-state index contributed by atoms with van der Waals surface area (Å²) in [6.45, 7) is 3.37. The summed E-state index contributed by atoms with van der Waals surface area (Å²) in [6, 6.07) is 5.43. The summed E-state index contributed by atoms with van der Waals surface area (Å²) in [5.41, 5.74) is 0.704. The summed E-state index contributed by atoms with van der Waals surface area (Å²) < 4.78 is 11.1. The molecule has 0 saturated heterocycles. The van der Waals surface area contributed by atoms with E-state index in [0.29, 0.717) is 30.3 Å². The number of carbonyl (C=O) groups is 1. The van der Waals surface area contributed by atoms with Crippen LogP contribution in [-0.2, 0) is 0 Å². The molecule has 1 aromatic rings. The Labute approximate surface area is 105 Å². The van der Waals surface area contributed by atoms with E-state index in [-0.39, 0.29) is 5.78 Å². The molecule has 1 aliphatic rings. The predicted octanol–water partition coefficient (Wildman–Crippen LogP) is 2.78. The van der Waals surface area contributed by atoms with Crippen LogP contribution in [0.1, 0.15) is 23.7 Å². The maximum absolute atomic E-state index is 11.9. The molecular formula is C13H16O3S. The molecule has 17 heavy (non-hydrogen) atoms. The van der Waals surface area contributed by atoms with Crippen LogP contribution in [0.25, 0.3) is 0 Å². The molecule has 0 aromatic heterocycles. The number of fused-ring (bicyclic) bond motifs is 1. The fourth-order valence-electron chi connectivity index (χ4n) is 1.61. The predicted molar refractivity (Wildman–Crippen MR) is 69.4 cm³/mol. The summed E-state index contributed by atoms with van der Waals surface area (Å²) in [5, 5.41) is 0. The quantitative estimate of drug-likeness (QED) is 0.772. The lowest BCUT2D eigenvalue weighted by Crippen LogP contribution is -2.03. The minimum absolute atomic E-state index is 0.146. The van der Waals surface area contributed by atoms with Gasteiger partial charge >= 0.3 is 0 Å². The molecule has 0 bridgehead atoms. The number of Topliss-reactive ketones (excluding diaryl/α,β-unsaturated/α-hetero) is 1. The van der Waals surface area contributed by atoms with Crippen molar-refractivity contribution >= 4 is 17.5 Å². The van der Waals surface area contributed by atoms with Gasteiger partial charge < -0.3 is 9.47 Å². The normalized spacial score (nSPS) is 14.2. The Morgan fingerprint density at radius 3 is 2.82 bits per heavy atom. The second-order valence-electron chi connectivity index (χ2n) is 3.77. The van der Waals surface area contributed by atoms with Crippen molar-refractivity contribution in [1.29, 1.82) is 0 Å². The average molecular weight is 252 g/mol. The molecule has 0 fully saturated rings. The fraction of sp³-hybridized carbons (Fsp3) is 0.462. The molecule has 3 nitrogen and oxygen atoms in total. The minimum atomic E-state index is 0.146. The summed E-state index contributed by atoms with van der Waals surface area (Å²) in [5.74, 6) is 3.05. The highest BCUT2D eigenvalue weighted by Gasteiger charge is 2.13. The zero-order valence-corrected chi connectivity index (χ0v) is 10.7. The van der Waals surface area contributed by atoms with Crippen molar-refractivity contribution in [3.05, 3.63) is 23.8 Å². The standard InChI is InChI=1S/C13H16O3S/c1-2-17-9-11(14)10-4-5-12-13(8-10)16-7-3-6-15-12/h4-5,8H,2-3,6-7,9H2,1H3. The third-order valence-electron chi connectivity index (χ3n) is 2.51. The molecule has 1 heterocycles. The fourth-order valence-corrected chi connectivity index (χ4v) is 2.17. The summed E-state index contributed by atoms with van der Waals surface area (Å²) >= 11 is 1.63. The van der Waals surface area contributed by atoms with E-state index in [2.05, 4.69) is 0 Å². The Hall–Kier alpha value is -1.16. The van der Waals surface area contributed by atoms with E-state index >= 15 is 0 Å². The number of carbonyl (C=O) groups excluding carboxylic acids is 1. The monoisotopic (exact) mass is 252 g/mol. The van der Waals surface area contributed by atoms with E-state index in [0.717, 1.165) is 17.9 Å². The van der Waals surface area contributed by atoms with Crippen molar-refractivity contribution < 1.29 is 14.3 Å². The maximum atomic E-state index is 11.9. The van der Waals surface area contributed by atoms with Gasteiger partial charge in [-0.25, -0.2) is 0 Å². The minimum Gasteiger partial charge on any atom is -0.490 e. The first-order chi connectivity index (χ1) is 8.31. The van der Waals surface area contributed by atoms with Gasteiger partial charge in [-0.05, 0) is 24.0 Å². The Balaban J connectivity index is 2.14. The second kappa shape index (κ2) is 5.96. The van der Waals surface area contributed by atoms with Crippen LogP contribution < -0.4 is 9.47 Å². The molecular weight excluding hydrogens is 236 g/mol. The second-order valence-corrected chi connectivity index (χ2v) is 5.05. The molecule has 0 saturated carbocycles. The molecule has 0 N–H and O–H groups in total. The topological polar surface area (TPSA) is 35.5 Å². The van der Waals surface area contributed by atoms with Crippen LogP contribution in [0.4, 0.5) is 0 Å². The highest BCUT2D eigenvalue weighted by molar-refractivity contribution is 7.99. The number of hydrogen-bond acceptors (Lipinski definition) is 4. The maximum Gasteiger partial charge on any atom is 0.172 e. The van der Waals surface area contributed by atoms with Gasteiger partial charge in [0.25, 0.3) is 0 Å². The molecule has 92 valence electrons. The lowest BCUT2D eigenvalue weighted by Gasteiger charge is -2.08. The number of rotatable bonds is 4. The first-order valence-corrected chi connectivity index (χ1v) is 6.97. The molecule has 0 aliphatic carbocycles. The van der Waals surface area contributed by atoms with Crippen molar-refractivity contribution in [3.8, 4) is 11.5 Å². The van der Waals surface area contributed by atoms with Crippen LogP contribution >= 0.6 is 11.8 Å². The highest BCUT2D eigenvalue weighted by Crippen LogP contribution is 2.30. The lowest BCUT2D eigenvalue weighted by atomic mass is 10.1. The van der Waals surface area contributed by atoms with Gasteiger partial charge in [-0.3, -0.25) is 4.79 Å². The number of thioether (sulfide) groups is 1. The highest BCUT2D eigenvalue weighted by atomic mass is 32.2. The summed E-state index contributed by atoms with van der Waals surface area (Å²) in [4.78, 5) is 11.9. The van der Waals surface area contributed by atoms with Crippen LogP contribution in [-0.4, -0.2) is 30.5 Å². The van der Waals surface area contributed by atoms with Crippen LogP contribution in [0.3, 0.4) is 0 Å². The molecule has 0 radical (unpaired) electrons. The average Bonchev–Trinajstić information content (AvgIpc) is 2.60. The number of ketones is 1. The number of hydrogen-bond donors (Lipinski definition) is 0. The van der Waals surface area contributed by atoms with Gasteiger partial charge in [-0.1, -0.05) is 6.92 Å². The van der Waals surface area contributed by atoms with Crippen LogP contribution in [0.2, 0.25) is 0 Å². The first-order valence-electron chi connectivity index (χ1n) is 5.82. The van der Waals surface area contributed by atoms with Gasteiger partial charge in [0.2, 0.25) is 0 Å². The van der Waals surface area contributed by atoms with E-state index in [4.69, 9.17) is 9.47 Å². The van der Waals surface area contributed by atoms with Crippen LogP contribution in [0.5, 0.6) is 11.5 Å². The number of benzene rings is 1. The lowest BCUT2D eigenvalue weighted by molar-refractivity contribution is 0.102. The van der Waals surface area contributed by atoms with Gasteiger partial charge in [0.05, 0.1) is 19.0 Å². The van der Waals surface area contributed by atoms with E-state index < -0.39 is 0 Å².